The van der Waals surface area contributed by atoms with Crippen molar-refractivity contribution < 1.29 is 130 Å². The number of hydrogen-bond donors (Lipinski definition) is 1. The summed E-state index contributed by atoms with van der Waals surface area (Å²) in [6.07, 6.45) is 1.77. The van der Waals surface area contributed by atoms with Gasteiger partial charge in [0.2, 0.25) is 5.52 Å². The van der Waals surface area contributed by atoms with Crippen LogP contribution in [0.5, 0.6) is 0 Å². The molecule has 2 radical (unpaired) electrons. The molecule has 0 unspecified atom stereocenters. The van der Waals surface area contributed by atoms with E-state index in [1.807, 2.05) is 0 Å². The molecule has 33 heteroatoms. The van der Waals surface area contributed by atoms with E-state index in [1.54, 1.807) is 170 Å². The molecule has 0 amide bonds. The number of imidazole rings is 1. The van der Waals surface area contributed by atoms with Gasteiger partial charge in [-0.15, -0.1) is 24.0 Å². The zero-order chi connectivity index (χ0) is 50.9. The number of carboxylic acids is 1. The summed E-state index contributed by atoms with van der Waals surface area (Å²) in [5.41, 5.74) is 0.436. The average molecular weight is 1600 g/mol. The second-order valence-electron chi connectivity index (χ2n) is 15.4. The molecule has 3 aliphatic rings. The molecule has 5 aromatic heterocycles. The summed E-state index contributed by atoms with van der Waals surface area (Å²) in [7, 11) is 26.9. The number of fused-ring (bicyclic) bond motifs is 4. The van der Waals surface area contributed by atoms with Gasteiger partial charge in [0.1, 0.15) is 34.5 Å². The molecule has 0 saturated heterocycles. The molecule has 0 atom stereocenters. The zero-order valence-corrected chi connectivity index (χ0v) is 51.9. The summed E-state index contributed by atoms with van der Waals surface area (Å²) in [6, 6.07) is 0. The minimum absolute atomic E-state index is 0. The normalized spacial score (nSPS) is 12.1. The van der Waals surface area contributed by atoms with Crippen LogP contribution in [0.3, 0.4) is 0 Å². The van der Waals surface area contributed by atoms with Crippen LogP contribution >= 0.6 is 24.0 Å². The summed E-state index contributed by atoms with van der Waals surface area (Å²) in [4.78, 5) is 114. The molecule has 5 aromatic rings. The van der Waals surface area contributed by atoms with Crippen molar-refractivity contribution in [3.8, 4) is 0 Å². The molecule has 8 heterocycles. The van der Waals surface area contributed by atoms with Gasteiger partial charge >= 0.3 is 75.0 Å². The third kappa shape index (κ3) is 14.1. The predicted octanol–water partition coefficient (Wildman–Crippen LogP) is -6.75. The Morgan fingerprint density at radius 1 is 0.479 bits per heavy atom. The fraction of sp³-hybridized carbons (Fsp3) is 0.447. The first kappa shape index (κ1) is 71.9. The van der Waals surface area contributed by atoms with Crippen LogP contribution < -0.4 is 103 Å². The quantitative estimate of drug-likeness (QED) is 0.0654. The molecular weight excluding hydrogens is 1540 g/mol. The standard InChI is InChI=1S/4C9H13N4O2.C2H4O2.4Ag.2HI.O/c4*1-10-5-11(2)7-6(10)8(14)13(4)9(15)12(7)3;1-2(3)4;;;;;;;/h4*5H,1-4H3;1H3,(H,3,4);;;;;2*1H;/q3*-1;+1;;;;;+1;;;/p-1. The van der Waals surface area contributed by atoms with Crippen LogP contribution in [0.4, 0.5) is 34.5 Å². The third-order valence-corrected chi connectivity index (χ3v) is 10.6. The van der Waals surface area contributed by atoms with E-state index in [0.29, 0.717) is 45.7 Å². The Balaban J connectivity index is -0.000000817. The van der Waals surface area contributed by atoms with E-state index < -0.39 is 5.97 Å². The van der Waals surface area contributed by atoms with Crippen LogP contribution in [0, 0.1) is 20.0 Å². The van der Waals surface area contributed by atoms with Gasteiger partial charge in [-0.2, -0.15) is 20.0 Å². The SMILES string of the molecule is CC(=O)O.CN1[CH-]N(C)c2c1c(=O)n(C)c(=O)n2C.CN1[CH-]N(C)c2c1c(=O)n(C)c(=O)n2C.CN1[CH-]N(C)c2c1c(=O)n(C)c(=O)n2C.Cn1c(=O)c2c(n(C)c1=O)[n+](C)cn2C.I.[Ag+].[Ag].[Ag].[I-].[O]=[Ag]. The molecule has 415 valence electrons. The number of halogens is 2. The Bertz CT molecular complexity index is 3000. The van der Waals surface area contributed by atoms with E-state index in [4.69, 9.17) is 13.2 Å². The molecule has 8 rings (SSSR count). The Labute approximate surface area is 500 Å². The van der Waals surface area contributed by atoms with Gasteiger partial charge < -0.3 is 58.5 Å². The number of carboxylic acid groups (broad SMARTS) is 1. The second-order valence-corrected chi connectivity index (χ2v) is 15.4. The van der Waals surface area contributed by atoms with Crippen LogP contribution in [0.15, 0.2) is 44.7 Å². The molecule has 71 heavy (non-hydrogen) atoms. The van der Waals surface area contributed by atoms with Gasteiger partial charge in [-0.1, -0.05) is 0 Å². The van der Waals surface area contributed by atoms with E-state index in [0.717, 1.165) is 25.2 Å². The second kappa shape index (κ2) is 29.0. The van der Waals surface area contributed by atoms with E-state index in [9.17, 15) is 38.4 Å². The van der Waals surface area contributed by atoms with E-state index in [1.165, 1.54) is 46.5 Å². The first-order valence-corrected chi connectivity index (χ1v) is 19.9. The molecule has 0 bridgehead atoms. The van der Waals surface area contributed by atoms with Gasteiger partial charge in [0.25, 0.3) is 28.3 Å². The van der Waals surface area contributed by atoms with Crippen molar-refractivity contribution in [1.29, 1.82) is 0 Å². The number of anilines is 6. The number of nitrogens with zero attached hydrogens (tertiary/aromatic N) is 16. The molecule has 0 aliphatic carbocycles. The first-order valence-electron chi connectivity index (χ1n) is 19.3. The Hall–Kier alpha value is -3.32. The molecular formula is C38H57Ag4I2N16O11-2. The Morgan fingerprint density at radius 2 is 0.704 bits per heavy atom. The van der Waals surface area contributed by atoms with Gasteiger partial charge in [0.15, 0.2) is 6.33 Å². The van der Waals surface area contributed by atoms with Gasteiger partial charge in [-0.05, 0) is 42.3 Å². The summed E-state index contributed by atoms with van der Waals surface area (Å²) in [5, 5.41) is 7.42. The number of aliphatic carboxylic acids is 1. The predicted molar refractivity (Wildman–Crippen MR) is 258 cm³/mol. The molecule has 0 fully saturated rings. The van der Waals surface area contributed by atoms with Crippen molar-refractivity contribution in [2.24, 2.45) is 70.5 Å². The number of aryl methyl sites for hydroxylation is 3. The number of aromatic nitrogens is 10. The number of carbonyl (C=O) groups is 1. The van der Waals surface area contributed by atoms with Crippen molar-refractivity contribution >= 4 is 75.6 Å². The van der Waals surface area contributed by atoms with E-state index >= 15 is 0 Å². The van der Waals surface area contributed by atoms with Crippen molar-refractivity contribution in [3.63, 3.8) is 0 Å². The van der Waals surface area contributed by atoms with Gasteiger partial charge in [-0.25, -0.2) is 32.9 Å². The summed E-state index contributed by atoms with van der Waals surface area (Å²) in [6.45, 7) is 6.39. The van der Waals surface area contributed by atoms with Crippen molar-refractivity contribution in [2.75, 3.05) is 71.7 Å². The summed E-state index contributed by atoms with van der Waals surface area (Å²) < 4.78 is 21.9. The monoisotopic (exact) mass is 1590 g/mol. The molecule has 0 spiro atoms. The molecule has 3 aliphatic heterocycles. The zero-order valence-electron chi connectivity index (χ0n) is 41.5. The van der Waals surface area contributed by atoms with Gasteiger partial charge in [-0.3, -0.25) is 55.9 Å². The van der Waals surface area contributed by atoms with Crippen molar-refractivity contribution in [1.82, 2.24) is 41.1 Å². The van der Waals surface area contributed by atoms with Crippen molar-refractivity contribution in [2.45, 2.75) is 6.92 Å². The molecule has 0 saturated carbocycles. The topological polar surface area (TPSA) is 259 Å². The number of rotatable bonds is 0. The van der Waals surface area contributed by atoms with Gasteiger partial charge in [0.05, 0.1) is 21.1 Å². The third-order valence-electron chi connectivity index (χ3n) is 10.6. The van der Waals surface area contributed by atoms with Crippen LogP contribution in [0.1, 0.15) is 6.92 Å². The van der Waals surface area contributed by atoms with Crippen molar-refractivity contribution in [3.05, 3.63) is 110 Å². The Morgan fingerprint density at radius 3 is 0.958 bits per heavy atom. The summed E-state index contributed by atoms with van der Waals surface area (Å²) >= 11 is 1.70. The summed E-state index contributed by atoms with van der Waals surface area (Å²) in [5.74, 6) is 1.06. The molecule has 27 nitrogen and oxygen atoms in total. The average Bonchev–Trinajstić information content (AvgIpc) is 3.94. The molecule has 1 N–H and O–H groups in total. The van der Waals surface area contributed by atoms with E-state index in [2.05, 4.69) is 0 Å². The number of hydrogen-bond acceptors (Lipinski definition) is 16. The van der Waals surface area contributed by atoms with Crippen LogP contribution in [0.2, 0.25) is 0 Å². The minimum atomic E-state index is -0.833. The van der Waals surface area contributed by atoms with Crippen LogP contribution in [0.25, 0.3) is 11.2 Å². The fourth-order valence-corrected chi connectivity index (χ4v) is 7.60. The maximum absolute atomic E-state index is 11.9. The maximum atomic E-state index is 11.9. The molecule has 0 aromatic carbocycles. The van der Waals surface area contributed by atoms with E-state index in [-0.39, 0.29) is 160 Å². The first-order chi connectivity index (χ1) is 30.5. The van der Waals surface area contributed by atoms with Gasteiger partial charge in [0, 0.05) is 101 Å². The Kier molecular flexibility index (Phi) is 29.3. The van der Waals surface area contributed by atoms with Crippen LogP contribution in [-0.2, 0) is 167 Å². The van der Waals surface area contributed by atoms with Crippen LogP contribution in [-0.4, -0.2) is 94.5 Å². The fourth-order valence-electron chi connectivity index (χ4n) is 7.60.